The molecular formula is C7H11N5S. The highest BCUT2D eigenvalue weighted by Crippen LogP contribution is 2.10. The fourth-order valence-electron chi connectivity index (χ4n) is 0.719. The maximum atomic E-state index is 5.07. The smallest absolute Gasteiger partial charge is 0.209 e. The molecule has 1 aromatic rings. The minimum Gasteiger partial charge on any atom is -0.305 e. The quantitative estimate of drug-likeness (QED) is 0.393. The highest BCUT2D eigenvalue weighted by Gasteiger charge is 2.00. The summed E-state index contributed by atoms with van der Waals surface area (Å²) in [6, 6.07) is 0. The number of hydrogen-bond donors (Lipinski definition) is 1. The van der Waals surface area contributed by atoms with E-state index in [1.165, 1.54) is 0 Å². The molecule has 0 spiro atoms. The SMILES string of the molecule is C#CCNCCSc1nnnn1C. The van der Waals surface area contributed by atoms with Crippen LogP contribution in [0, 0.1) is 12.3 Å². The topological polar surface area (TPSA) is 55.6 Å². The zero-order chi connectivity index (χ0) is 9.52. The van der Waals surface area contributed by atoms with E-state index in [1.54, 1.807) is 16.4 Å². The molecule has 1 heterocycles. The van der Waals surface area contributed by atoms with Crippen molar-refractivity contribution in [2.75, 3.05) is 18.8 Å². The molecule has 0 fully saturated rings. The Morgan fingerprint density at radius 1 is 1.69 bits per heavy atom. The molecule has 0 bridgehead atoms. The molecule has 0 saturated carbocycles. The molecule has 0 aromatic carbocycles. The summed E-state index contributed by atoms with van der Waals surface area (Å²) in [5.74, 6) is 3.42. The van der Waals surface area contributed by atoms with Gasteiger partial charge in [-0.1, -0.05) is 17.7 Å². The first-order valence-corrected chi connectivity index (χ1v) is 4.82. The van der Waals surface area contributed by atoms with Crippen LogP contribution in [-0.4, -0.2) is 39.0 Å². The van der Waals surface area contributed by atoms with Gasteiger partial charge in [0, 0.05) is 19.3 Å². The van der Waals surface area contributed by atoms with Gasteiger partial charge < -0.3 is 5.32 Å². The lowest BCUT2D eigenvalue weighted by atomic mass is 10.6. The van der Waals surface area contributed by atoms with Crippen molar-refractivity contribution in [2.45, 2.75) is 5.16 Å². The van der Waals surface area contributed by atoms with Gasteiger partial charge in [0.1, 0.15) is 0 Å². The minimum absolute atomic E-state index is 0.609. The Labute approximate surface area is 81.3 Å². The summed E-state index contributed by atoms with van der Waals surface area (Å²) in [5.41, 5.74) is 0. The highest BCUT2D eigenvalue weighted by molar-refractivity contribution is 7.99. The number of hydrogen-bond acceptors (Lipinski definition) is 5. The van der Waals surface area contributed by atoms with Crippen molar-refractivity contribution >= 4 is 11.8 Å². The Hall–Kier alpha value is -1.06. The molecule has 13 heavy (non-hydrogen) atoms. The third-order valence-electron chi connectivity index (χ3n) is 1.32. The summed E-state index contributed by atoms with van der Waals surface area (Å²) in [6.07, 6.45) is 5.07. The molecule has 0 aliphatic rings. The van der Waals surface area contributed by atoms with Gasteiger partial charge in [-0.25, -0.2) is 4.68 Å². The summed E-state index contributed by atoms with van der Waals surface area (Å²) in [6.45, 7) is 1.47. The molecule has 6 heteroatoms. The van der Waals surface area contributed by atoms with E-state index in [-0.39, 0.29) is 0 Å². The number of rotatable bonds is 5. The van der Waals surface area contributed by atoms with Crippen LogP contribution in [0.5, 0.6) is 0 Å². The second-order valence-corrected chi connectivity index (χ2v) is 3.38. The van der Waals surface area contributed by atoms with Crippen LogP contribution in [0.3, 0.4) is 0 Å². The lowest BCUT2D eigenvalue weighted by Crippen LogP contribution is -2.17. The first-order chi connectivity index (χ1) is 6.34. The number of aromatic nitrogens is 4. The van der Waals surface area contributed by atoms with Crippen LogP contribution in [-0.2, 0) is 7.05 Å². The standard InChI is InChI=1S/C7H11N5S/c1-3-4-8-5-6-13-7-9-10-11-12(7)2/h1,8H,4-6H2,2H3. The van der Waals surface area contributed by atoms with Crippen molar-refractivity contribution < 1.29 is 0 Å². The normalized spacial score (nSPS) is 9.85. The lowest BCUT2D eigenvalue weighted by Gasteiger charge is -1.99. The monoisotopic (exact) mass is 197 g/mol. The highest BCUT2D eigenvalue weighted by atomic mass is 32.2. The fourth-order valence-corrected chi connectivity index (χ4v) is 1.47. The van der Waals surface area contributed by atoms with Gasteiger partial charge >= 0.3 is 0 Å². The minimum atomic E-state index is 0.609. The Morgan fingerprint density at radius 2 is 2.54 bits per heavy atom. The Morgan fingerprint density at radius 3 is 3.15 bits per heavy atom. The molecule has 1 N–H and O–H groups in total. The summed E-state index contributed by atoms with van der Waals surface area (Å²) in [5, 5.41) is 15.0. The van der Waals surface area contributed by atoms with Crippen molar-refractivity contribution in [2.24, 2.45) is 7.05 Å². The maximum absolute atomic E-state index is 5.07. The molecular weight excluding hydrogens is 186 g/mol. The van der Waals surface area contributed by atoms with Gasteiger partial charge in [-0.3, -0.25) is 0 Å². The first kappa shape index (κ1) is 10.0. The number of aryl methyl sites for hydroxylation is 1. The molecule has 1 rings (SSSR count). The zero-order valence-corrected chi connectivity index (χ0v) is 8.21. The van der Waals surface area contributed by atoms with E-state index in [4.69, 9.17) is 6.42 Å². The van der Waals surface area contributed by atoms with E-state index < -0.39 is 0 Å². The van der Waals surface area contributed by atoms with Crippen molar-refractivity contribution in [1.29, 1.82) is 0 Å². The molecule has 0 unspecified atom stereocenters. The predicted octanol–water partition coefficient (Wildman–Crippen LogP) is -0.475. The maximum Gasteiger partial charge on any atom is 0.209 e. The molecule has 0 aliphatic carbocycles. The number of nitrogens with zero attached hydrogens (tertiary/aromatic N) is 4. The molecule has 0 aliphatic heterocycles. The van der Waals surface area contributed by atoms with Crippen LogP contribution in [0.4, 0.5) is 0 Å². The van der Waals surface area contributed by atoms with Crippen LogP contribution in [0.1, 0.15) is 0 Å². The van der Waals surface area contributed by atoms with Crippen LogP contribution < -0.4 is 5.32 Å². The molecule has 0 atom stereocenters. The fraction of sp³-hybridized carbons (Fsp3) is 0.571. The van der Waals surface area contributed by atoms with Gasteiger partial charge in [0.15, 0.2) is 0 Å². The number of tetrazole rings is 1. The summed E-state index contributed by atoms with van der Waals surface area (Å²) < 4.78 is 1.64. The van der Waals surface area contributed by atoms with E-state index >= 15 is 0 Å². The zero-order valence-electron chi connectivity index (χ0n) is 7.40. The summed E-state index contributed by atoms with van der Waals surface area (Å²) in [7, 11) is 1.82. The number of nitrogens with one attached hydrogen (secondary N) is 1. The van der Waals surface area contributed by atoms with Gasteiger partial charge in [0.05, 0.1) is 6.54 Å². The van der Waals surface area contributed by atoms with E-state index in [9.17, 15) is 0 Å². The summed E-state index contributed by atoms with van der Waals surface area (Å²) >= 11 is 1.60. The van der Waals surface area contributed by atoms with Crippen molar-refractivity contribution in [1.82, 2.24) is 25.5 Å². The average molecular weight is 197 g/mol. The van der Waals surface area contributed by atoms with E-state index in [2.05, 4.69) is 26.8 Å². The first-order valence-electron chi connectivity index (χ1n) is 3.84. The number of terminal acetylenes is 1. The third kappa shape index (κ3) is 3.44. The predicted molar refractivity (Wildman–Crippen MR) is 51.2 cm³/mol. The number of thioether (sulfide) groups is 1. The second kappa shape index (κ2) is 5.56. The van der Waals surface area contributed by atoms with Crippen molar-refractivity contribution in [3.8, 4) is 12.3 Å². The van der Waals surface area contributed by atoms with Gasteiger partial charge in [-0.05, 0) is 10.4 Å². The molecule has 1 aromatic heterocycles. The molecule has 70 valence electrons. The van der Waals surface area contributed by atoms with Gasteiger partial charge in [0.25, 0.3) is 0 Å². The molecule has 0 radical (unpaired) electrons. The van der Waals surface area contributed by atoms with Crippen LogP contribution >= 0.6 is 11.8 Å². The Balaban J connectivity index is 2.14. The summed E-state index contributed by atoms with van der Waals surface area (Å²) in [4.78, 5) is 0. The van der Waals surface area contributed by atoms with Crippen LogP contribution in [0.2, 0.25) is 0 Å². The Kier molecular flexibility index (Phi) is 4.29. The van der Waals surface area contributed by atoms with E-state index in [1.807, 2.05) is 7.05 Å². The van der Waals surface area contributed by atoms with Gasteiger partial charge in [-0.15, -0.1) is 11.5 Å². The van der Waals surface area contributed by atoms with Gasteiger partial charge in [-0.2, -0.15) is 0 Å². The molecule has 0 amide bonds. The average Bonchev–Trinajstić information content (AvgIpc) is 2.52. The largest absolute Gasteiger partial charge is 0.305 e. The molecule has 5 nitrogen and oxygen atoms in total. The van der Waals surface area contributed by atoms with Crippen LogP contribution in [0.25, 0.3) is 0 Å². The Bertz CT molecular complexity index is 289. The van der Waals surface area contributed by atoms with Crippen LogP contribution in [0.15, 0.2) is 5.16 Å². The van der Waals surface area contributed by atoms with Gasteiger partial charge in [0.2, 0.25) is 5.16 Å². The van der Waals surface area contributed by atoms with E-state index in [0.29, 0.717) is 6.54 Å². The van der Waals surface area contributed by atoms with E-state index in [0.717, 1.165) is 17.5 Å². The third-order valence-corrected chi connectivity index (χ3v) is 2.33. The van der Waals surface area contributed by atoms with Crippen molar-refractivity contribution in [3.63, 3.8) is 0 Å². The molecule has 0 saturated heterocycles. The lowest BCUT2D eigenvalue weighted by molar-refractivity contribution is 0.664. The second-order valence-electron chi connectivity index (χ2n) is 2.31. The van der Waals surface area contributed by atoms with Crippen molar-refractivity contribution in [3.05, 3.63) is 0 Å².